The van der Waals surface area contributed by atoms with Crippen LogP contribution in [0.4, 0.5) is 11.5 Å². The molecule has 2 fully saturated rings. The molecule has 0 N–H and O–H groups in total. The topological polar surface area (TPSA) is 84.8 Å². The first-order chi connectivity index (χ1) is 9.15. The Morgan fingerprint density at radius 2 is 2.37 bits per heavy atom. The highest BCUT2D eigenvalue weighted by Crippen LogP contribution is 2.51. The Morgan fingerprint density at radius 1 is 1.58 bits per heavy atom. The summed E-state index contributed by atoms with van der Waals surface area (Å²) in [4.78, 5) is 32.2. The van der Waals surface area contributed by atoms with E-state index in [0.717, 1.165) is 6.42 Å². The minimum absolute atomic E-state index is 0.0233. The minimum atomic E-state index is -0.430. The number of fused-ring (bicyclic) bond motifs is 1. The molecule has 2 unspecified atom stereocenters. The van der Waals surface area contributed by atoms with Gasteiger partial charge in [0.1, 0.15) is 6.04 Å². The highest BCUT2D eigenvalue weighted by molar-refractivity contribution is 6.28. The molecule has 0 radical (unpaired) electrons. The number of anilines is 1. The molecule has 2 aliphatic rings. The lowest BCUT2D eigenvalue weighted by molar-refractivity contribution is -0.142. The molecule has 3 atom stereocenters. The number of carbonyl (C=O) groups is 1. The summed E-state index contributed by atoms with van der Waals surface area (Å²) in [6.45, 7) is 0. The number of esters is 1. The zero-order valence-electron chi connectivity index (χ0n) is 10.1. The van der Waals surface area contributed by atoms with Gasteiger partial charge in [0, 0.05) is 6.04 Å². The molecule has 0 amide bonds. The zero-order chi connectivity index (χ0) is 13.6. The second kappa shape index (κ2) is 4.41. The predicted molar refractivity (Wildman–Crippen MR) is 67.3 cm³/mol. The molecule has 1 aromatic rings. The van der Waals surface area contributed by atoms with E-state index >= 15 is 0 Å². The third-order valence-corrected chi connectivity index (χ3v) is 3.82. The van der Waals surface area contributed by atoms with E-state index in [1.165, 1.54) is 13.3 Å². The van der Waals surface area contributed by atoms with Crippen LogP contribution >= 0.6 is 11.6 Å². The van der Waals surface area contributed by atoms with E-state index < -0.39 is 6.04 Å². The van der Waals surface area contributed by atoms with Gasteiger partial charge in [0.15, 0.2) is 11.5 Å². The summed E-state index contributed by atoms with van der Waals surface area (Å²) in [7, 11) is 1.34. The van der Waals surface area contributed by atoms with Crippen LogP contribution in [0.2, 0.25) is 5.28 Å². The molecular formula is C11H11ClN4O3. The quantitative estimate of drug-likeness (QED) is 0.476. The molecule has 0 aromatic carbocycles. The van der Waals surface area contributed by atoms with Gasteiger partial charge < -0.3 is 9.64 Å². The average molecular weight is 283 g/mol. The maximum atomic E-state index is 11.8. The van der Waals surface area contributed by atoms with Gasteiger partial charge in [-0.1, -0.05) is 0 Å². The highest BCUT2D eigenvalue weighted by atomic mass is 35.5. The number of hydrogen-bond donors (Lipinski definition) is 0. The van der Waals surface area contributed by atoms with E-state index in [-0.39, 0.29) is 23.0 Å². The summed E-state index contributed by atoms with van der Waals surface area (Å²) < 4.78 is 4.79. The number of nitrogens with zero attached hydrogens (tertiary/aromatic N) is 4. The zero-order valence-corrected chi connectivity index (χ0v) is 10.9. The smallest absolute Gasteiger partial charge is 0.328 e. The number of hydrogen-bond acceptors (Lipinski definition) is 7. The average Bonchev–Trinajstić information content (AvgIpc) is 3.08. The van der Waals surface area contributed by atoms with Crippen molar-refractivity contribution in [2.75, 3.05) is 12.0 Å². The molecule has 3 rings (SSSR count). The number of ether oxygens (including phenoxy) is 1. The largest absolute Gasteiger partial charge is 0.467 e. The van der Waals surface area contributed by atoms with E-state index in [1.54, 1.807) is 4.90 Å². The first-order valence-corrected chi connectivity index (χ1v) is 6.25. The van der Waals surface area contributed by atoms with Crippen molar-refractivity contribution in [3.05, 3.63) is 16.4 Å². The number of halogens is 1. The maximum absolute atomic E-state index is 11.8. The van der Waals surface area contributed by atoms with Gasteiger partial charge in [0.2, 0.25) is 5.28 Å². The molecule has 100 valence electrons. The molecule has 0 spiro atoms. The van der Waals surface area contributed by atoms with Crippen LogP contribution in [0, 0.1) is 10.8 Å². The fourth-order valence-corrected chi connectivity index (χ4v) is 2.84. The second-order valence-electron chi connectivity index (χ2n) is 4.68. The van der Waals surface area contributed by atoms with Gasteiger partial charge in [-0.25, -0.2) is 9.78 Å². The Balaban J connectivity index is 2.01. The number of nitroso groups, excluding NO2 is 1. The molecule has 1 saturated carbocycles. The van der Waals surface area contributed by atoms with Crippen molar-refractivity contribution in [1.29, 1.82) is 0 Å². The molecule has 0 bridgehead atoms. The molecular weight excluding hydrogens is 272 g/mol. The van der Waals surface area contributed by atoms with Crippen LogP contribution in [-0.2, 0) is 9.53 Å². The fraction of sp³-hybridized carbons (Fsp3) is 0.545. The van der Waals surface area contributed by atoms with Gasteiger partial charge in [-0.05, 0) is 35.5 Å². The highest BCUT2D eigenvalue weighted by Gasteiger charge is 2.55. The molecule has 1 aliphatic heterocycles. The van der Waals surface area contributed by atoms with Gasteiger partial charge in [0.05, 0.1) is 13.3 Å². The fourth-order valence-electron chi connectivity index (χ4n) is 2.71. The summed E-state index contributed by atoms with van der Waals surface area (Å²) in [5.41, 5.74) is 0.0888. The first-order valence-electron chi connectivity index (χ1n) is 5.87. The maximum Gasteiger partial charge on any atom is 0.328 e. The Labute approximate surface area is 113 Å². The Bertz CT molecular complexity index is 553. The third kappa shape index (κ3) is 1.94. The van der Waals surface area contributed by atoms with E-state index in [4.69, 9.17) is 16.3 Å². The third-order valence-electron chi connectivity index (χ3n) is 3.64. The molecule has 8 heteroatoms. The van der Waals surface area contributed by atoms with Crippen LogP contribution in [-0.4, -0.2) is 35.1 Å². The molecule has 1 aliphatic carbocycles. The minimum Gasteiger partial charge on any atom is -0.467 e. The summed E-state index contributed by atoms with van der Waals surface area (Å²) in [6, 6.07) is -0.226. The van der Waals surface area contributed by atoms with Crippen molar-refractivity contribution < 1.29 is 9.53 Å². The number of piperidine rings is 1. The number of carbonyl (C=O) groups excluding carboxylic acids is 1. The summed E-state index contributed by atoms with van der Waals surface area (Å²) >= 11 is 5.77. The normalized spacial score (nSPS) is 27.9. The summed E-state index contributed by atoms with van der Waals surface area (Å²) in [5.74, 6) is 0.423. The molecule has 1 aromatic heterocycles. The lowest BCUT2D eigenvalue weighted by Crippen LogP contribution is -2.40. The summed E-state index contributed by atoms with van der Waals surface area (Å²) in [6.07, 6.45) is 2.95. The Morgan fingerprint density at radius 3 is 3.05 bits per heavy atom. The van der Waals surface area contributed by atoms with Crippen LogP contribution in [0.15, 0.2) is 11.4 Å². The van der Waals surface area contributed by atoms with Crippen molar-refractivity contribution in [2.45, 2.75) is 24.9 Å². The van der Waals surface area contributed by atoms with Crippen LogP contribution < -0.4 is 4.90 Å². The van der Waals surface area contributed by atoms with Crippen LogP contribution in [0.3, 0.4) is 0 Å². The SMILES string of the molecule is COC(=O)[C@H]1CC2CC2N1c1nc(Cl)ncc1N=O. The molecule has 19 heavy (non-hydrogen) atoms. The van der Waals surface area contributed by atoms with E-state index in [2.05, 4.69) is 15.1 Å². The number of rotatable bonds is 3. The molecule has 1 saturated heterocycles. The monoisotopic (exact) mass is 282 g/mol. The van der Waals surface area contributed by atoms with Crippen molar-refractivity contribution in [2.24, 2.45) is 11.1 Å². The lowest BCUT2D eigenvalue weighted by atomic mass is 10.1. The number of aromatic nitrogens is 2. The standard InChI is InChI=1S/C11H11ClN4O3/c1-19-10(17)8-3-5-2-7(5)16(8)9-6(15-18)4-13-11(12)14-9/h4-5,7-8H,2-3H2,1H3/t5?,7?,8-/m1/s1. The van der Waals surface area contributed by atoms with Crippen molar-refractivity contribution in [3.8, 4) is 0 Å². The van der Waals surface area contributed by atoms with E-state index in [9.17, 15) is 9.70 Å². The Kier molecular flexibility index (Phi) is 2.85. The van der Waals surface area contributed by atoms with Gasteiger partial charge >= 0.3 is 5.97 Å². The van der Waals surface area contributed by atoms with Gasteiger partial charge in [0.25, 0.3) is 0 Å². The van der Waals surface area contributed by atoms with Crippen LogP contribution in [0.25, 0.3) is 0 Å². The lowest BCUT2D eigenvalue weighted by Gasteiger charge is -2.26. The van der Waals surface area contributed by atoms with Gasteiger partial charge in [-0.15, -0.1) is 4.91 Å². The molecule has 2 heterocycles. The van der Waals surface area contributed by atoms with Gasteiger partial charge in [-0.3, -0.25) is 0 Å². The van der Waals surface area contributed by atoms with E-state index in [0.29, 0.717) is 18.2 Å². The van der Waals surface area contributed by atoms with Crippen LogP contribution in [0.1, 0.15) is 12.8 Å². The summed E-state index contributed by atoms with van der Waals surface area (Å²) in [5, 5.41) is 2.92. The van der Waals surface area contributed by atoms with Crippen molar-refractivity contribution >= 4 is 29.1 Å². The molecule has 7 nitrogen and oxygen atoms in total. The second-order valence-corrected chi connectivity index (χ2v) is 5.02. The van der Waals surface area contributed by atoms with Gasteiger partial charge in [-0.2, -0.15) is 4.98 Å². The van der Waals surface area contributed by atoms with Crippen LogP contribution in [0.5, 0.6) is 0 Å². The van der Waals surface area contributed by atoms with Crippen molar-refractivity contribution in [1.82, 2.24) is 9.97 Å². The van der Waals surface area contributed by atoms with Crippen molar-refractivity contribution in [3.63, 3.8) is 0 Å². The number of methoxy groups -OCH3 is 1. The predicted octanol–water partition coefficient (Wildman–Crippen LogP) is 1.67. The van der Waals surface area contributed by atoms with E-state index in [1.807, 2.05) is 0 Å². The first kappa shape index (κ1) is 12.3. The Hall–Kier alpha value is -1.76.